The van der Waals surface area contributed by atoms with Crippen molar-refractivity contribution in [2.75, 3.05) is 30.5 Å². The molecule has 7 nitrogen and oxygen atoms in total. The molecule has 1 heterocycles. The number of carbonyl (C=O) groups excluding carboxylic acids is 3. The minimum absolute atomic E-state index is 0.0605. The maximum Gasteiger partial charge on any atom is 0.311 e. The molecule has 1 aliphatic heterocycles. The monoisotopic (exact) mass is 396 g/mol. The van der Waals surface area contributed by atoms with Crippen molar-refractivity contribution in [1.29, 1.82) is 0 Å². The number of nitrogens with one attached hydrogen (secondary N) is 1. The van der Waals surface area contributed by atoms with E-state index in [-0.39, 0.29) is 25.5 Å². The van der Waals surface area contributed by atoms with Gasteiger partial charge < -0.3 is 19.7 Å². The highest BCUT2D eigenvalue weighted by molar-refractivity contribution is 6.00. The Hall–Kier alpha value is -3.35. The fourth-order valence-electron chi connectivity index (χ4n) is 3.15. The van der Waals surface area contributed by atoms with Gasteiger partial charge in [-0.3, -0.25) is 14.4 Å². The number of anilines is 2. The van der Waals surface area contributed by atoms with Gasteiger partial charge in [0.15, 0.2) is 6.61 Å². The largest absolute Gasteiger partial charge is 0.497 e. The average molecular weight is 396 g/mol. The van der Waals surface area contributed by atoms with Crippen LogP contribution in [0.1, 0.15) is 18.9 Å². The van der Waals surface area contributed by atoms with Crippen LogP contribution in [0.25, 0.3) is 0 Å². The van der Waals surface area contributed by atoms with Crippen LogP contribution in [0.2, 0.25) is 0 Å². The van der Waals surface area contributed by atoms with Crippen LogP contribution < -0.4 is 15.0 Å². The van der Waals surface area contributed by atoms with Gasteiger partial charge >= 0.3 is 5.97 Å². The number of amides is 2. The van der Waals surface area contributed by atoms with Crippen molar-refractivity contribution in [3.63, 3.8) is 0 Å². The second-order valence-corrected chi connectivity index (χ2v) is 6.81. The normalized spacial score (nSPS) is 15.9. The first-order chi connectivity index (χ1) is 14.0. The lowest BCUT2D eigenvalue weighted by Gasteiger charge is -2.16. The fourth-order valence-corrected chi connectivity index (χ4v) is 3.15. The van der Waals surface area contributed by atoms with E-state index in [0.717, 1.165) is 6.42 Å². The van der Waals surface area contributed by atoms with Gasteiger partial charge in [0.05, 0.1) is 13.0 Å². The summed E-state index contributed by atoms with van der Waals surface area (Å²) in [4.78, 5) is 38.2. The lowest BCUT2D eigenvalue weighted by molar-refractivity contribution is -0.151. The van der Waals surface area contributed by atoms with E-state index in [0.29, 0.717) is 17.1 Å². The summed E-state index contributed by atoms with van der Waals surface area (Å²) in [5, 5.41) is 2.69. The van der Waals surface area contributed by atoms with Gasteiger partial charge in [0.1, 0.15) is 5.75 Å². The van der Waals surface area contributed by atoms with Crippen LogP contribution >= 0.6 is 0 Å². The van der Waals surface area contributed by atoms with Crippen LogP contribution in [0.5, 0.6) is 5.75 Å². The SMILES string of the molecule is CCc1ccc(NC(=O)COC(=O)C2CC(=O)N(c3ccc(OC)cc3)C2)cc1. The molecule has 2 aromatic rings. The highest BCUT2D eigenvalue weighted by Crippen LogP contribution is 2.27. The molecule has 0 bridgehead atoms. The van der Waals surface area contributed by atoms with Gasteiger partial charge in [-0.15, -0.1) is 0 Å². The van der Waals surface area contributed by atoms with Gasteiger partial charge in [-0.25, -0.2) is 0 Å². The van der Waals surface area contributed by atoms with Crippen LogP contribution in [-0.4, -0.2) is 38.0 Å². The van der Waals surface area contributed by atoms with Gasteiger partial charge in [-0.1, -0.05) is 19.1 Å². The summed E-state index contributed by atoms with van der Waals surface area (Å²) in [6, 6.07) is 14.5. The number of benzene rings is 2. The Kier molecular flexibility index (Phi) is 6.49. The van der Waals surface area contributed by atoms with Gasteiger partial charge in [-0.2, -0.15) is 0 Å². The van der Waals surface area contributed by atoms with Crippen LogP contribution in [0.4, 0.5) is 11.4 Å². The number of nitrogens with zero attached hydrogens (tertiary/aromatic N) is 1. The topological polar surface area (TPSA) is 84.9 Å². The Bertz CT molecular complexity index is 877. The molecule has 1 fully saturated rings. The van der Waals surface area contributed by atoms with Crippen molar-refractivity contribution < 1.29 is 23.9 Å². The first-order valence-corrected chi connectivity index (χ1v) is 9.50. The Morgan fingerprint density at radius 1 is 1.10 bits per heavy atom. The minimum Gasteiger partial charge on any atom is -0.497 e. The Balaban J connectivity index is 1.50. The molecule has 1 atom stereocenters. The van der Waals surface area contributed by atoms with Crippen molar-refractivity contribution >= 4 is 29.2 Å². The molecule has 2 aromatic carbocycles. The molecule has 0 radical (unpaired) electrons. The van der Waals surface area contributed by atoms with Crippen molar-refractivity contribution in [3.05, 3.63) is 54.1 Å². The minimum atomic E-state index is -0.596. The molecule has 7 heteroatoms. The number of rotatable bonds is 7. The molecule has 0 spiro atoms. The summed E-state index contributed by atoms with van der Waals surface area (Å²) in [6.45, 7) is 1.89. The van der Waals surface area contributed by atoms with Gasteiger partial charge in [0, 0.05) is 24.3 Å². The van der Waals surface area contributed by atoms with E-state index in [9.17, 15) is 14.4 Å². The number of hydrogen-bond acceptors (Lipinski definition) is 5. The van der Waals surface area contributed by atoms with E-state index in [2.05, 4.69) is 12.2 Å². The van der Waals surface area contributed by atoms with Crippen molar-refractivity contribution in [2.45, 2.75) is 19.8 Å². The van der Waals surface area contributed by atoms with Crippen molar-refractivity contribution in [1.82, 2.24) is 0 Å². The maximum absolute atomic E-state index is 12.3. The molecular formula is C22H24N2O5. The molecule has 0 aromatic heterocycles. The highest BCUT2D eigenvalue weighted by atomic mass is 16.5. The van der Waals surface area contributed by atoms with Crippen molar-refractivity contribution in [3.8, 4) is 5.75 Å². The van der Waals surface area contributed by atoms with Crippen LogP contribution in [0, 0.1) is 5.92 Å². The zero-order valence-corrected chi connectivity index (χ0v) is 16.5. The highest BCUT2D eigenvalue weighted by Gasteiger charge is 2.36. The summed E-state index contributed by atoms with van der Waals surface area (Å²) < 4.78 is 10.2. The standard InChI is InChI=1S/C22H24N2O5/c1-3-15-4-6-17(7-5-15)23-20(25)14-29-22(27)16-12-21(26)24(13-16)18-8-10-19(28-2)11-9-18/h4-11,16H,3,12-14H2,1-2H3,(H,23,25). The number of carbonyl (C=O) groups is 3. The molecule has 0 saturated carbocycles. The lowest BCUT2D eigenvalue weighted by atomic mass is 10.1. The van der Waals surface area contributed by atoms with E-state index >= 15 is 0 Å². The van der Waals surface area contributed by atoms with Crippen LogP contribution in [0.15, 0.2) is 48.5 Å². The van der Waals surface area contributed by atoms with E-state index in [1.165, 1.54) is 5.56 Å². The predicted octanol–water partition coefficient (Wildman–Crippen LogP) is 2.79. The quantitative estimate of drug-likeness (QED) is 0.728. The third-order valence-electron chi connectivity index (χ3n) is 4.83. The first-order valence-electron chi connectivity index (χ1n) is 9.50. The number of ether oxygens (including phenoxy) is 2. The first kappa shape index (κ1) is 20.4. The zero-order chi connectivity index (χ0) is 20.8. The van der Waals surface area contributed by atoms with Gasteiger partial charge in [-0.05, 0) is 48.4 Å². The summed E-state index contributed by atoms with van der Waals surface area (Å²) in [6.07, 6.45) is 0.977. The van der Waals surface area contributed by atoms with Gasteiger partial charge in [0.25, 0.3) is 5.91 Å². The Morgan fingerprint density at radius 3 is 2.41 bits per heavy atom. The van der Waals surface area contributed by atoms with Gasteiger partial charge in [0.2, 0.25) is 5.91 Å². The number of aryl methyl sites for hydroxylation is 1. The molecule has 3 rings (SSSR count). The van der Waals surface area contributed by atoms with E-state index in [1.807, 2.05) is 12.1 Å². The molecular weight excluding hydrogens is 372 g/mol. The zero-order valence-electron chi connectivity index (χ0n) is 16.5. The molecule has 1 saturated heterocycles. The van der Waals surface area contributed by atoms with E-state index < -0.39 is 17.8 Å². The molecule has 0 aliphatic carbocycles. The molecule has 1 unspecified atom stereocenters. The van der Waals surface area contributed by atoms with Crippen LogP contribution in [0.3, 0.4) is 0 Å². The summed E-state index contributed by atoms with van der Waals surface area (Å²) in [5.41, 5.74) is 2.51. The summed E-state index contributed by atoms with van der Waals surface area (Å²) >= 11 is 0. The molecule has 152 valence electrons. The van der Waals surface area contributed by atoms with Crippen molar-refractivity contribution in [2.24, 2.45) is 5.92 Å². The summed E-state index contributed by atoms with van der Waals surface area (Å²) in [5.74, 6) is -1.03. The smallest absolute Gasteiger partial charge is 0.311 e. The third-order valence-corrected chi connectivity index (χ3v) is 4.83. The predicted molar refractivity (Wildman–Crippen MR) is 109 cm³/mol. The maximum atomic E-state index is 12.3. The second kappa shape index (κ2) is 9.23. The average Bonchev–Trinajstić information content (AvgIpc) is 3.14. The second-order valence-electron chi connectivity index (χ2n) is 6.81. The number of esters is 1. The fraction of sp³-hybridized carbons (Fsp3) is 0.318. The van der Waals surface area contributed by atoms with E-state index in [1.54, 1.807) is 48.4 Å². The summed E-state index contributed by atoms with van der Waals surface area (Å²) in [7, 11) is 1.57. The molecule has 1 N–H and O–H groups in total. The molecule has 2 amide bonds. The number of methoxy groups -OCH3 is 1. The Morgan fingerprint density at radius 2 is 1.79 bits per heavy atom. The number of hydrogen-bond donors (Lipinski definition) is 1. The van der Waals surface area contributed by atoms with Crippen LogP contribution in [-0.2, 0) is 25.5 Å². The third kappa shape index (κ3) is 5.13. The Labute approximate surface area is 169 Å². The van der Waals surface area contributed by atoms with E-state index in [4.69, 9.17) is 9.47 Å². The lowest BCUT2D eigenvalue weighted by Crippen LogP contribution is -2.28. The molecule has 1 aliphatic rings. The molecule has 29 heavy (non-hydrogen) atoms.